The summed E-state index contributed by atoms with van der Waals surface area (Å²) in [5.74, 6) is 0.468. The van der Waals surface area contributed by atoms with Crippen LogP contribution in [0.3, 0.4) is 0 Å². The molecule has 18 heavy (non-hydrogen) atoms. The van der Waals surface area contributed by atoms with Crippen LogP contribution in [0.25, 0.3) is 11.3 Å². The highest BCUT2D eigenvalue weighted by Gasteiger charge is 2.13. The Labute approximate surface area is 112 Å². The van der Waals surface area contributed by atoms with Crippen molar-refractivity contribution in [3.63, 3.8) is 0 Å². The van der Waals surface area contributed by atoms with Crippen LogP contribution in [0.15, 0.2) is 40.9 Å². The minimum atomic E-state index is -0.428. The molecule has 1 aromatic heterocycles. The van der Waals surface area contributed by atoms with E-state index in [1.165, 1.54) is 12.1 Å². The molecular formula is C12H10BrN3O2. The van der Waals surface area contributed by atoms with E-state index in [-0.39, 0.29) is 5.69 Å². The molecule has 0 amide bonds. The second-order valence-electron chi connectivity index (χ2n) is 3.58. The predicted molar refractivity (Wildman–Crippen MR) is 73.6 cm³/mol. The topological polar surface area (TPSA) is 68.1 Å². The Morgan fingerprint density at radius 1 is 1.33 bits per heavy atom. The molecule has 0 saturated carbocycles. The molecule has 0 bridgehead atoms. The number of aromatic nitrogens is 1. The third kappa shape index (κ3) is 2.48. The fraction of sp³-hybridized carbons (Fsp3) is 0.0833. The van der Waals surface area contributed by atoms with E-state index in [4.69, 9.17) is 0 Å². The van der Waals surface area contributed by atoms with Gasteiger partial charge in [0.15, 0.2) is 0 Å². The molecule has 6 heteroatoms. The van der Waals surface area contributed by atoms with Gasteiger partial charge in [-0.2, -0.15) is 0 Å². The van der Waals surface area contributed by atoms with Gasteiger partial charge >= 0.3 is 0 Å². The smallest absolute Gasteiger partial charge is 0.275 e. The molecule has 0 saturated heterocycles. The van der Waals surface area contributed by atoms with Gasteiger partial charge in [-0.25, -0.2) is 4.98 Å². The quantitative estimate of drug-likeness (QED) is 0.696. The summed E-state index contributed by atoms with van der Waals surface area (Å²) in [5.41, 5.74) is 1.39. The highest BCUT2D eigenvalue weighted by atomic mass is 79.9. The number of nitrogens with zero attached hydrogens (tertiary/aromatic N) is 2. The molecule has 0 radical (unpaired) electrons. The summed E-state index contributed by atoms with van der Waals surface area (Å²) in [6, 6.07) is 10.3. The van der Waals surface area contributed by atoms with Crippen molar-refractivity contribution in [1.29, 1.82) is 0 Å². The van der Waals surface area contributed by atoms with Gasteiger partial charge in [0.05, 0.1) is 16.7 Å². The lowest BCUT2D eigenvalue weighted by Crippen LogP contribution is -1.97. The van der Waals surface area contributed by atoms with Crippen molar-refractivity contribution in [1.82, 2.24) is 4.98 Å². The van der Waals surface area contributed by atoms with E-state index in [0.29, 0.717) is 11.5 Å². The minimum absolute atomic E-state index is 0.0140. The van der Waals surface area contributed by atoms with Gasteiger partial charge in [-0.1, -0.05) is 34.1 Å². The van der Waals surface area contributed by atoms with Crippen LogP contribution < -0.4 is 5.32 Å². The van der Waals surface area contributed by atoms with Crippen molar-refractivity contribution < 1.29 is 4.92 Å². The second-order valence-corrected chi connectivity index (χ2v) is 4.44. The zero-order valence-corrected chi connectivity index (χ0v) is 11.1. The molecule has 1 heterocycles. The minimum Gasteiger partial charge on any atom is -0.373 e. The number of benzene rings is 1. The third-order valence-electron chi connectivity index (χ3n) is 2.43. The number of hydrogen-bond donors (Lipinski definition) is 1. The van der Waals surface area contributed by atoms with Gasteiger partial charge in [0.25, 0.3) is 5.69 Å². The van der Waals surface area contributed by atoms with Crippen LogP contribution in [-0.2, 0) is 0 Å². The Kier molecular flexibility index (Phi) is 3.57. The van der Waals surface area contributed by atoms with Crippen LogP contribution in [-0.4, -0.2) is 17.0 Å². The first-order valence-corrected chi connectivity index (χ1v) is 6.00. The standard InChI is InChI=1S/C12H10BrN3O2/c1-14-12-7-8(16(17)18)6-11(15-12)9-4-2-3-5-10(9)13/h2-7H,1H3,(H,14,15). The lowest BCUT2D eigenvalue weighted by molar-refractivity contribution is -0.384. The van der Waals surface area contributed by atoms with Crippen molar-refractivity contribution in [3.05, 3.63) is 51.0 Å². The van der Waals surface area contributed by atoms with Crippen LogP contribution in [0.1, 0.15) is 0 Å². The number of nitrogens with one attached hydrogen (secondary N) is 1. The van der Waals surface area contributed by atoms with Gasteiger partial charge in [-0.05, 0) is 6.07 Å². The Hall–Kier alpha value is -1.95. The van der Waals surface area contributed by atoms with Crippen LogP contribution in [0.5, 0.6) is 0 Å². The highest BCUT2D eigenvalue weighted by molar-refractivity contribution is 9.10. The third-order valence-corrected chi connectivity index (χ3v) is 3.12. The van der Waals surface area contributed by atoms with E-state index < -0.39 is 4.92 Å². The molecule has 92 valence electrons. The first-order valence-electron chi connectivity index (χ1n) is 5.21. The SMILES string of the molecule is CNc1cc([N+](=O)[O-])cc(-c2ccccc2Br)n1. The van der Waals surface area contributed by atoms with Crippen molar-refractivity contribution in [3.8, 4) is 11.3 Å². The Morgan fingerprint density at radius 3 is 2.67 bits per heavy atom. The summed E-state index contributed by atoms with van der Waals surface area (Å²) < 4.78 is 0.847. The van der Waals surface area contributed by atoms with E-state index in [1.54, 1.807) is 7.05 Å². The monoisotopic (exact) mass is 307 g/mol. The van der Waals surface area contributed by atoms with E-state index in [9.17, 15) is 10.1 Å². The zero-order chi connectivity index (χ0) is 13.1. The molecule has 0 fully saturated rings. The lowest BCUT2D eigenvalue weighted by atomic mass is 10.1. The van der Waals surface area contributed by atoms with Gasteiger partial charge in [-0.15, -0.1) is 0 Å². The van der Waals surface area contributed by atoms with Crippen molar-refractivity contribution in [2.75, 3.05) is 12.4 Å². The van der Waals surface area contributed by atoms with Crippen LogP contribution in [0.4, 0.5) is 11.5 Å². The number of rotatable bonds is 3. The van der Waals surface area contributed by atoms with Crippen molar-refractivity contribution in [2.24, 2.45) is 0 Å². The Morgan fingerprint density at radius 2 is 2.06 bits per heavy atom. The van der Waals surface area contributed by atoms with Gasteiger partial charge in [-0.3, -0.25) is 10.1 Å². The maximum absolute atomic E-state index is 10.9. The average molecular weight is 308 g/mol. The highest BCUT2D eigenvalue weighted by Crippen LogP contribution is 2.30. The molecule has 0 spiro atoms. The maximum Gasteiger partial charge on any atom is 0.275 e. The fourth-order valence-corrected chi connectivity index (χ4v) is 2.04. The van der Waals surface area contributed by atoms with E-state index >= 15 is 0 Å². The molecule has 0 aliphatic carbocycles. The summed E-state index contributed by atoms with van der Waals surface area (Å²) in [7, 11) is 1.68. The number of hydrogen-bond acceptors (Lipinski definition) is 4. The molecule has 5 nitrogen and oxygen atoms in total. The lowest BCUT2D eigenvalue weighted by Gasteiger charge is -2.06. The van der Waals surface area contributed by atoms with Gasteiger partial charge in [0.2, 0.25) is 0 Å². The number of halogens is 1. The summed E-state index contributed by atoms with van der Waals surface area (Å²) >= 11 is 3.41. The molecule has 1 N–H and O–H groups in total. The molecule has 0 atom stereocenters. The van der Waals surface area contributed by atoms with Crippen molar-refractivity contribution in [2.45, 2.75) is 0 Å². The van der Waals surface area contributed by atoms with E-state index in [2.05, 4.69) is 26.2 Å². The molecule has 0 unspecified atom stereocenters. The first kappa shape index (κ1) is 12.5. The van der Waals surface area contributed by atoms with Crippen LogP contribution in [0.2, 0.25) is 0 Å². The normalized spacial score (nSPS) is 10.1. The Bertz CT molecular complexity index is 602. The van der Waals surface area contributed by atoms with E-state index in [1.807, 2.05) is 24.3 Å². The number of anilines is 1. The Balaban J connectivity index is 2.60. The second kappa shape index (κ2) is 5.14. The molecule has 0 aliphatic rings. The molecular weight excluding hydrogens is 298 g/mol. The molecule has 0 aliphatic heterocycles. The van der Waals surface area contributed by atoms with Gasteiger partial charge in [0, 0.05) is 23.2 Å². The number of pyridine rings is 1. The molecule has 1 aromatic carbocycles. The maximum atomic E-state index is 10.9. The summed E-state index contributed by atoms with van der Waals surface area (Å²) in [6.07, 6.45) is 0. The summed E-state index contributed by atoms with van der Waals surface area (Å²) in [5, 5.41) is 13.7. The first-order chi connectivity index (χ1) is 8.61. The van der Waals surface area contributed by atoms with Crippen LogP contribution in [0, 0.1) is 10.1 Å². The average Bonchev–Trinajstić information content (AvgIpc) is 2.38. The van der Waals surface area contributed by atoms with E-state index in [0.717, 1.165) is 10.0 Å². The zero-order valence-electron chi connectivity index (χ0n) is 9.55. The number of nitro groups is 1. The largest absolute Gasteiger partial charge is 0.373 e. The molecule has 2 rings (SSSR count). The van der Waals surface area contributed by atoms with Gasteiger partial charge in [0.1, 0.15) is 5.82 Å². The molecule has 2 aromatic rings. The van der Waals surface area contributed by atoms with Crippen LogP contribution >= 0.6 is 15.9 Å². The van der Waals surface area contributed by atoms with Crippen molar-refractivity contribution >= 4 is 27.4 Å². The summed E-state index contributed by atoms with van der Waals surface area (Å²) in [4.78, 5) is 14.8. The summed E-state index contributed by atoms with van der Waals surface area (Å²) in [6.45, 7) is 0. The fourth-order valence-electron chi connectivity index (χ4n) is 1.56. The van der Waals surface area contributed by atoms with Gasteiger partial charge < -0.3 is 5.32 Å². The predicted octanol–water partition coefficient (Wildman–Crippen LogP) is 3.46.